The Hall–Kier alpha value is 0.394. The second-order valence-electron chi connectivity index (χ2n) is 6.59. The Kier molecular flexibility index (Phi) is 6.25. The predicted molar refractivity (Wildman–Crippen MR) is 71.7 cm³/mol. The molecule has 0 aromatic heterocycles. The molecule has 0 aliphatic heterocycles. The van der Waals surface area contributed by atoms with Gasteiger partial charge in [0.25, 0.3) is 0 Å². The lowest BCUT2D eigenvalue weighted by Gasteiger charge is -2.17. The molecule has 0 amide bonds. The van der Waals surface area contributed by atoms with Crippen molar-refractivity contribution in [1.82, 2.24) is 0 Å². The summed E-state index contributed by atoms with van der Waals surface area (Å²) in [5, 5.41) is 0. The molecule has 0 aromatic rings. The summed E-state index contributed by atoms with van der Waals surface area (Å²) in [6.07, 6.45) is 1.27. The first-order valence-corrected chi connectivity index (χ1v) is 13.2. The molecular weight excluding hydrogens is 204 g/mol. The van der Waals surface area contributed by atoms with Crippen molar-refractivity contribution in [2.24, 2.45) is 0 Å². The van der Waals surface area contributed by atoms with E-state index in [0.717, 1.165) is 13.2 Å². The molecule has 3 heteroatoms. The van der Waals surface area contributed by atoms with Crippen molar-refractivity contribution in [3.63, 3.8) is 0 Å². The third-order valence-electron chi connectivity index (χ3n) is 2.21. The minimum absolute atomic E-state index is 0.825. The van der Waals surface area contributed by atoms with E-state index in [2.05, 4.69) is 39.3 Å². The molecular formula is C11H28OSi2. The molecule has 0 aromatic carbocycles. The topological polar surface area (TPSA) is 9.23 Å². The zero-order valence-corrected chi connectivity index (χ0v) is 12.9. The predicted octanol–water partition coefficient (Wildman–Crippen LogP) is 4.07. The van der Waals surface area contributed by atoms with Crippen LogP contribution in [-0.2, 0) is 4.74 Å². The van der Waals surface area contributed by atoms with Crippen molar-refractivity contribution >= 4 is 16.1 Å². The summed E-state index contributed by atoms with van der Waals surface area (Å²) in [4.78, 5) is 0. The Morgan fingerprint density at radius 1 is 0.714 bits per heavy atom. The first-order valence-electron chi connectivity index (χ1n) is 5.78. The van der Waals surface area contributed by atoms with Gasteiger partial charge in [0.1, 0.15) is 0 Å². The molecule has 0 radical (unpaired) electrons. The van der Waals surface area contributed by atoms with Crippen LogP contribution >= 0.6 is 0 Å². The Balaban J connectivity index is 3.23. The van der Waals surface area contributed by atoms with Gasteiger partial charge in [-0.3, -0.25) is 0 Å². The molecule has 1 nitrogen and oxygen atoms in total. The first kappa shape index (κ1) is 14.4. The smallest absolute Gasteiger partial charge is 0.0466 e. The Bertz CT molecular complexity index is 126. The summed E-state index contributed by atoms with van der Waals surface area (Å²) >= 11 is 0. The highest BCUT2D eigenvalue weighted by molar-refractivity contribution is 6.76. The van der Waals surface area contributed by atoms with Gasteiger partial charge >= 0.3 is 0 Å². The molecule has 0 atom stereocenters. The molecule has 0 unspecified atom stereocenters. The van der Waals surface area contributed by atoms with Crippen molar-refractivity contribution in [3.05, 3.63) is 0 Å². The van der Waals surface area contributed by atoms with Crippen molar-refractivity contribution < 1.29 is 4.74 Å². The van der Waals surface area contributed by atoms with Gasteiger partial charge in [0.15, 0.2) is 0 Å². The molecule has 0 spiro atoms. The maximum Gasteiger partial charge on any atom is 0.0466 e. The van der Waals surface area contributed by atoms with Crippen LogP contribution in [0.1, 0.15) is 6.42 Å². The van der Waals surface area contributed by atoms with Gasteiger partial charge in [-0.05, 0) is 12.5 Å². The molecule has 14 heavy (non-hydrogen) atoms. The third kappa shape index (κ3) is 12.4. The highest BCUT2D eigenvalue weighted by Gasteiger charge is 2.13. The summed E-state index contributed by atoms with van der Waals surface area (Å²) in [7, 11) is -1.70. The summed E-state index contributed by atoms with van der Waals surface area (Å²) in [6.45, 7) is 16.4. The van der Waals surface area contributed by atoms with Gasteiger partial charge in [-0.1, -0.05) is 45.3 Å². The number of hydrogen-bond acceptors (Lipinski definition) is 1. The molecule has 0 N–H and O–H groups in total. The van der Waals surface area contributed by atoms with Crippen LogP contribution in [0.15, 0.2) is 0 Å². The van der Waals surface area contributed by atoms with Crippen LogP contribution in [-0.4, -0.2) is 29.4 Å². The van der Waals surface area contributed by atoms with Crippen molar-refractivity contribution in [2.45, 2.75) is 57.8 Å². The lowest BCUT2D eigenvalue weighted by Crippen LogP contribution is -2.22. The quantitative estimate of drug-likeness (QED) is 0.475. The second kappa shape index (κ2) is 6.08. The number of hydrogen-bond donors (Lipinski definition) is 0. The Morgan fingerprint density at radius 2 is 1.21 bits per heavy atom. The SMILES string of the molecule is C[Si](C)(C)CCCOCC[Si](C)(C)C. The number of ether oxygens (including phenoxy) is 1. The average Bonchev–Trinajstić information content (AvgIpc) is 1.92. The fourth-order valence-electron chi connectivity index (χ4n) is 1.18. The van der Waals surface area contributed by atoms with Crippen LogP contribution < -0.4 is 0 Å². The van der Waals surface area contributed by atoms with Crippen LogP contribution in [0.3, 0.4) is 0 Å². The molecule has 86 valence electrons. The Morgan fingerprint density at radius 3 is 1.64 bits per heavy atom. The molecule has 0 saturated heterocycles. The van der Waals surface area contributed by atoms with Gasteiger partial charge in [0, 0.05) is 29.4 Å². The van der Waals surface area contributed by atoms with Gasteiger partial charge in [-0.2, -0.15) is 0 Å². The van der Waals surface area contributed by atoms with Gasteiger partial charge in [-0.15, -0.1) is 0 Å². The van der Waals surface area contributed by atoms with E-state index < -0.39 is 16.1 Å². The highest BCUT2D eigenvalue weighted by atomic mass is 28.3. The monoisotopic (exact) mass is 232 g/mol. The van der Waals surface area contributed by atoms with E-state index in [4.69, 9.17) is 4.74 Å². The summed E-state index contributed by atoms with van der Waals surface area (Å²) in [5.41, 5.74) is 0. The normalized spacial score (nSPS) is 13.3. The van der Waals surface area contributed by atoms with Crippen LogP contribution in [0.25, 0.3) is 0 Å². The molecule has 0 saturated carbocycles. The Labute approximate surface area is 92.3 Å². The third-order valence-corrected chi connectivity index (χ3v) is 5.77. The van der Waals surface area contributed by atoms with Gasteiger partial charge in [0.05, 0.1) is 0 Å². The van der Waals surface area contributed by atoms with E-state index in [0.29, 0.717) is 0 Å². The van der Waals surface area contributed by atoms with E-state index in [9.17, 15) is 0 Å². The van der Waals surface area contributed by atoms with Crippen LogP contribution in [0.5, 0.6) is 0 Å². The van der Waals surface area contributed by atoms with Crippen LogP contribution in [0, 0.1) is 0 Å². The molecule has 0 aliphatic rings. The fraction of sp³-hybridized carbons (Fsp3) is 1.00. The minimum atomic E-state index is -0.870. The molecule has 0 rings (SSSR count). The number of rotatable bonds is 7. The summed E-state index contributed by atoms with van der Waals surface area (Å²) in [5.74, 6) is 0. The molecule has 0 fully saturated rings. The van der Waals surface area contributed by atoms with E-state index in [1.54, 1.807) is 0 Å². The standard InChI is InChI=1S/C11H28OSi2/c1-13(2,3)10-7-8-12-9-11-14(4,5)6/h7-11H2,1-6H3. The highest BCUT2D eigenvalue weighted by Crippen LogP contribution is 2.11. The van der Waals surface area contributed by atoms with E-state index in [1.807, 2.05) is 0 Å². The van der Waals surface area contributed by atoms with E-state index in [1.165, 1.54) is 18.5 Å². The zero-order chi connectivity index (χ0) is 11.2. The maximum absolute atomic E-state index is 5.66. The van der Waals surface area contributed by atoms with Crippen molar-refractivity contribution in [3.8, 4) is 0 Å². The minimum Gasteiger partial charge on any atom is -0.382 e. The fourth-order valence-corrected chi connectivity index (χ4v) is 3.15. The molecule has 0 bridgehead atoms. The summed E-state index contributed by atoms with van der Waals surface area (Å²) < 4.78 is 5.66. The lowest BCUT2D eigenvalue weighted by molar-refractivity contribution is 0.147. The van der Waals surface area contributed by atoms with E-state index >= 15 is 0 Å². The molecule has 0 aliphatic carbocycles. The van der Waals surface area contributed by atoms with Crippen molar-refractivity contribution in [1.29, 1.82) is 0 Å². The van der Waals surface area contributed by atoms with Crippen molar-refractivity contribution in [2.75, 3.05) is 13.2 Å². The lowest BCUT2D eigenvalue weighted by atomic mass is 10.5. The van der Waals surface area contributed by atoms with Crippen LogP contribution in [0.2, 0.25) is 51.4 Å². The molecule has 0 heterocycles. The van der Waals surface area contributed by atoms with E-state index in [-0.39, 0.29) is 0 Å². The second-order valence-corrected chi connectivity index (χ2v) is 17.8. The first-order chi connectivity index (χ1) is 6.21. The summed E-state index contributed by atoms with van der Waals surface area (Å²) in [6, 6.07) is 2.71. The zero-order valence-electron chi connectivity index (χ0n) is 10.9. The average molecular weight is 233 g/mol. The largest absolute Gasteiger partial charge is 0.382 e. The van der Waals surface area contributed by atoms with Gasteiger partial charge in [-0.25, -0.2) is 0 Å². The van der Waals surface area contributed by atoms with Crippen LogP contribution in [0.4, 0.5) is 0 Å². The van der Waals surface area contributed by atoms with Gasteiger partial charge < -0.3 is 4.74 Å². The maximum atomic E-state index is 5.66. The van der Waals surface area contributed by atoms with Gasteiger partial charge in [0.2, 0.25) is 0 Å².